The maximum atomic E-state index is 14.3. The van der Waals surface area contributed by atoms with Gasteiger partial charge in [0.05, 0.1) is 26.4 Å². The number of hydrogen-bond acceptors (Lipinski definition) is 9. The van der Waals surface area contributed by atoms with Gasteiger partial charge in [0, 0.05) is 61.0 Å². The number of benzene rings is 1. The number of ether oxygens (including phenoxy) is 1. The molecule has 4 aliphatic rings. The molecule has 0 radical (unpaired) electrons. The first kappa shape index (κ1) is 45.5. The minimum absolute atomic E-state index is 0.000245. The van der Waals surface area contributed by atoms with E-state index in [1.54, 1.807) is 25.2 Å². The third kappa shape index (κ3) is 10.8. The lowest BCUT2D eigenvalue weighted by Gasteiger charge is -2.62. The Morgan fingerprint density at radius 3 is 2.45 bits per heavy atom. The van der Waals surface area contributed by atoms with Crippen molar-refractivity contribution in [3.8, 4) is 5.75 Å². The summed E-state index contributed by atoms with van der Waals surface area (Å²) in [5, 5.41) is 29.6. The van der Waals surface area contributed by atoms with Crippen LogP contribution in [0.1, 0.15) is 91.7 Å². The number of carbonyl (C=O) groups excluding carboxylic acids is 2. The fraction of sp³-hybridized carbons (Fsp3) is 0.689. The number of amides is 2. The molecule has 314 valence electrons. The number of likely N-dealkylation sites (N-methyl/N-ethyl adjacent to an activating group) is 2. The summed E-state index contributed by atoms with van der Waals surface area (Å²) in [7, 11) is 7.63. The fourth-order valence-electron chi connectivity index (χ4n) is 9.48. The van der Waals surface area contributed by atoms with E-state index < -0.39 is 24.2 Å². The average Bonchev–Trinajstić information content (AvgIpc) is 3.50. The van der Waals surface area contributed by atoms with Crippen molar-refractivity contribution in [1.82, 2.24) is 25.5 Å². The first-order valence-electron chi connectivity index (χ1n) is 20.9. The average molecular weight is 780 g/mol. The maximum Gasteiger partial charge on any atom is 0.244 e. The van der Waals surface area contributed by atoms with Crippen molar-refractivity contribution in [3.63, 3.8) is 0 Å². The zero-order chi connectivity index (χ0) is 41.5. The number of para-hydroxylation sites is 1. The number of allylic oxidation sites excluding steroid dienone is 3. The summed E-state index contributed by atoms with van der Waals surface area (Å²) in [6.07, 6.45) is 8.74. The van der Waals surface area contributed by atoms with Crippen LogP contribution in [0.5, 0.6) is 5.75 Å². The number of hydroxylamine groups is 2. The number of hydrogen-bond donors (Lipinski definition) is 4. The lowest BCUT2D eigenvalue weighted by molar-refractivity contribution is -0.183. The van der Waals surface area contributed by atoms with Gasteiger partial charge in [-0.2, -0.15) is 5.06 Å². The Balaban J connectivity index is 1.67. The predicted molar refractivity (Wildman–Crippen MR) is 224 cm³/mol. The van der Waals surface area contributed by atoms with E-state index >= 15 is 0 Å². The van der Waals surface area contributed by atoms with Crippen LogP contribution in [0.25, 0.3) is 5.57 Å². The molecule has 1 aromatic rings. The highest BCUT2D eigenvalue weighted by molar-refractivity contribution is 5.92. The Hall–Kier alpha value is -3.22. The zero-order valence-corrected chi connectivity index (χ0v) is 36.2. The number of rotatable bonds is 20. The van der Waals surface area contributed by atoms with Gasteiger partial charge in [0.2, 0.25) is 11.8 Å². The summed E-state index contributed by atoms with van der Waals surface area (Å²) in [5.74, 6) is 1.40. The van der Waals surface area contributed by atoms with Gasteiger partial charge in [0.15, 0.2) is 0 Å². The van der Waals surface area contributed by atoms with Gasteiger partial charge in [0.1, 0.15) is 17.9 Å². The second-order valence-electron chi connectivity index (χ2n) is 18.0. The molecular weight excluding hydrogens is 707 g/mol. The highest BCUT2D eigenvalue weighted by Crippen LogP contribution is 2.61. The van der Waals surface area contributed by atoms with Crippen molar-refractivity contribution < 1.29 is 29.4 Å². The van der Waals surface area contributed by atoms with Gasteiger partial charge in [-0.15, -0.1) is 0 Å². The van der Waals surface area contributed by atoms with Crippen LogP contribution < -0.4 is 15.4 Å². The normalized spacial score (nSPS) is 27.3. The van der Waals surface area contributed by atoms with Crippen LogP contribution in [0, 0.1) is 35.0 Å². The van der Waals surface area contributed by atoms with E-state index in [4.69, 9.17) is 9.57 Å². The Kier molecular flexibility index (Phi) is 16.2. The number of methoxy groups -OCH3 is 1. The molecule has 3 aliphatic carbocycles. The Morgan fingerprint density at radius 2 is 1.88 bits per heavy atom. The third-order valence-corrected chi connectivity index (χ3v) is 12.8. The minimum Gasteiger partial charge on any atom is -0.496 e. The SMILES string of the molecule is C=C(/C=C(\C=C\C(=O)N[C@@H](CC(C)C)CN(C)C)c1cccc(CN2O[C@@H](CO)[C@@H]([C@H](C)O)[C@H]2C(=O)N[C@H]2C[C@H]3C[C@@H]([C@@H]2C)C3(C)C)c1OC)N(C)CCCC. The summed E-state index contributed by atoms with van der Waals surface area (Å²) in [6.45, 7) is 20.8. The second-order valence-corrected chi connectivity index (χ2v) is 18.0. The van der Waals surface area contributed by atoms with E-state index in [1.807, 2.05) is 51.5 Å². The van der Waals surface area contributed by atoms with Crippen LogP contribution in [-0.4, -0.2) is 115 Å². The molecule has 5 rings (SSSR count). The van der Waals surface area contributed by atoms with Crippen molar-refractivity contribution in [1.29, 1.82) is 0 Å². The number of nitrogens with zero attached hydrogens (tertiary/aromatic N) is 3. The summed E-state index contributed by atoms with van der Waals surface area (Å²) in [5.41, 5.74) is 3.30. The molecule has 1 saturated heterocycles. The molecule has 0 spiro atoms. The van der Waals surface area contributed by atoms with Crippen LogP contribution in [0.3, 0.4) is 0 Å². The van der Waals surface area contributed by atoms with Crippen LogP contribution in [-0.2, 0) is 21.0 Å². The van der Waals surface area contributed by atoms with Crippen LogP contribution >= 0.6 is 0 Å². The smallest absolute Gasteiger partial charge is 0.244 e. The number of aliphatic hydroxyl groups is 2. The molecule has 4 fully saturated rings. The minimum atomic E-state index is -0.906. The van der Waals surface area contributed by atoms with E-state index in [2.05, 4.69) is 68.6 Å². The molecule has 9 atom stereocenters. The predicted octanol–water partition coefficient (Wildman–Crippen LogP) is 5.63. The van der Waals surface area contributed by atoms with Gasteiger partial charge < -0.3 is 35.4 Å². The molecule has 2 amide bonds. The second kappa shape index (κ2) is 20.0. The molecule has 2 bridgehead atoms. The van der Waals surface area contributed by atoms with Crippen molar-refractivity contribution in [3.05, 3.63) is 59.8 Å². The van der Waals surface area contributed by atoms with Crippen molar-refractivity contribution in [2.24, 2.45) is 35.0 Å². The number of aliphatic hydroxyl groups excluding tert-OH is 2. The summed E-state index contributed by atoms with van der Waals surface area (Å²) in [4.78, 5) is 38.2. The van der Waals surface area contributed by atoms with E-state index in [9.17, 15) is 19.8 Å². The van der Waals surface area contributed by atoms with Crippen molar-refractivity contribution in [2.75, 3.05) is 47.9 Å². The summed E-state index contributed by atoms with van der Waals surface area (Å²) >= 11 is 0. The highest BCUT2D eigenvalue weighted by atomic mass is 16.7. The Labute approximate surface area is 337 Å². The molecule has 4 N–H and O–H groups in total. The Bertz CT molecular complexity index is 1540. The van der Waals surface area contributed by atoms with Crippen molar-refractivity contribution in [2.45, 2.75) is 117 Å². The van der Waals surface area contributed by atoms with Crippen molar-refractivity contribution >= 4 is 17.4 Å². The molecule has 0 aromatic heterocycles. The van der Waals surface area contributed by atoms with E-state index in [1.165, 1.54) is 6.42 Å². The standard InChI is InChI=1S/C45H73N5O6/c1-13-14-20-49(11)29(4)22-32(18-19-40(53)46-35(21-28(2)3)26-48(9)10)36-17-15-16-33(43(36)55-12)25-50-42(41(31(6)52)39(27-51)56-50)44(54)47-38-24-34-23-37(30(38)5)45(34,7)8/h15-19,22,28,30-31,34-35,37-39,41-42,51-52H,4,13-14,20-21,23-27H2,1-3,5-12H3,(H,46,53)(H,47,54)/b19-18+,32-22+/t30-,31-,34+,35-,37-,38-,39-,41+,42-/m0/s1. The van der Waals surface area contributed by atoms with Gasteiger partial charge in [-0.25, -0.2) is 0 Å². The van der Waals surface area contributed by atoms with Gasteiger partial charge in [0.25, 0.3) is 0 Å². The van der Waals surface area contributed by atoms with Crippen LogP contribution in [0.2, 0.25) is 0 Å². The van der Waals surface area contributed by atoms with E-state index in [0.29, 0.717) is 29.4 Å². The number of nitrogens with one attached hydrogen (secondary N) is 2. The van der Waals surface area contributed by atoms with Gasteiger partial charge in [-0.3, -0.25) is 14.4 Å². The number of carbonyl (C=O) groups is 2. The monoisotopic (exact) mass is 780 g/mol. The molecule has 1 heterocycles. The van der Waals surface area contributed by atoms with Crippen LogP contribution in [0.4, 0.5) is 0 Å². The molecule has 1 aliphatic heterocycles. The van der Waals surface area contributed by atoms with Gasteiger partial charge in [-0.05, 0) is 93.5 Å². The quantitative estimate of drug-likeness (QED) is 0.0985. The third-order valence-electron chi connectivity index (χ3n) is 12.8. The Morgan fingerprint density at radius 1 is 1.16 bits per heavy atom. The first-order valence-corrected chi connectivity index (χ1v) is 20.9. The zero-order valence-electron chi connectivity index (χ0n) is 36.2. The molecule has 11 nitrogen and oxygen atoms in total. The number of fused-ring (bicyclic) bond motifs is 2. The van der Waals surface area contributed by atoms with Crippen LogP contribution in [0.15, 0.2) is 48.7 Å². The topological polar surface area (TPSA) is 127 Å². The molecule has 3 saturated carbocycles. The molecule has 56 heavy (non-hydrogen) atoms. The first-order chi connectivity index (χ1) is 26.4. The summed E-state index contributed by atoms with van der Waals surface area (Å²) in [6, 6.07) is 4.99. The largest absolute Gasteiger partial charge is 0.496 e. The lowest BCUT2D eigenvalue weighted by Crippen LogP contribution is -2.62. The number of unbranched alkanes of at least 4 members (excludes halogenated alkanes) is 1. The fourth-order valence-corrected chi connectivity index (χ4v) is 9.48. The maximum absolute atomic E-state index is 14.3. The molecule has 11 heteroatoms. The molecule has 0 unspecified atom stereocenters. The molecular formula is C45H73N5O6. The van der Waals surface area contributed by atoms with Gasteiger partial charge >= 0.3 is 0 Å². The molecule has 1 aromatic carbocycles. The highest BCUT2D eigenvalue weighted by Gasteiger charge is 2.57. The van der Waals surface area contributed by atoms with Gasteiger partial charge in [-0.1, -0.05) is 72.7 Å². The lowest BCUT2D eigenvalue weighted by atomic mass is 9.45. The van der Waals surface area contributed by atoms with E-state index in [0.717, 1.165) is 61.2 Å². The van der Waals surface area contributed by atoms with E-state index in [-0.39, 0.29) is 42.5 Å². The summed E-state index contributed by atoms with van der Waals surface area (Å²) < 4.78 is 6.12.